The van der Waals surface area contributed by atoms with E-state index in [1.807, 2.05) is 0 Å². The lowest BCUT2D eigenvalue weighted by atomic mass is 10.2. The highest BCUT2D eigenvalue weighted by Gasteiger charge is 2.28. The lowest BCUT2D eigenvalue weighted by Gasteiger charge is -2.09. The molecule has 0 spiro atoms. The second-order valence-corrected chi connectivity index (χ2v) is 5.04. The fourth-order valence-corrected chi connectivity index (χ4v) is 2.25. The molecule has 21 heavy (non-hydrogen) atoms. The van der Waals surface area contributed by atoms with E-state index in [0.717, 1.165) is 0 Å². The van der Waals surface area contributed by atoms with Crippen LogP contribution < -0.4 is 4.74 Å². The number of carbonyl (C=O) groups excluding carboxylic acids is 1. The molecule has 108 valence electrons. The molecule has 2 rings (SSSR count). The Morgan fingerprint density at radius 1 is 1.10 bits per heavy atom. The second-order valence-electron chi connectivity index (χ2n) is 3.84. The summed E-state index contributed by atoms with van der Waals surface area (Å²) >= 11 is 17.4. The van der Waals surface area contributed by atoms with Crippen LogP contribution in [0.15, 0.2) is 36.4 Å². The molecular formula is C13H6Cl3NO4. The van der Waals surface area contributed by atoms with Gasteiger partial charge in [-0.2, -0.15) is 0 Å². The maximum atomic E-state index is 12.0. The molecule has 0 unspecified atom stereocenters. The Balaban J connectivity index is 2.47. The van der Waals surface area contributed by atoms with Gasteiger partial charge in [-0.15, -0.1) is 0 Å². The molecule has 0 radical (unpaired) electrons. The molecule has 0 aliphatic carbocycles. The van der Waals surface area contributed by atoms with Crippen LogP contribution in [0.1, 0.15) is 10.4 Å². The van der Waals surface area contributed by atoms with Crippen LogP contribution in [0, 0.1) is 10.1 Å². The molecule has 0 bridgehead atoms. The van der Waals surface area contributed by atoms with Crippen LogP contribution in [0.25, 0.3) is 0 Å². The van der Waals surface area contributed by atoms with Crippen molar-refractivity contribution in [3.05, 3.63) is 67.1 Å². The van der Waals surface area contributed by atoms with E-state index < -0.39 is 22.3 Å². The Kier molecular flexibility index (Phi) is 4.67. The number of benzene rings is 2. The number of halogens is 3. The van der Waals surface area contributed by atoms with Gasteiger partial charge in [-0.05, 0) is 18.2 Å². The van der Waals surface area contributed by atoms with E-state index in [4.69, 9.17) is 39.5 Å². The van der Waals surface area contributed by atoms with E-state index in [9.17, 15) is 14.9 Å². The molecule has 0 heterocycles. The Hall–Kier alpha value is -1.82. The van der Waals surface area contributed by atoms with E-state index in [1.165, 1.54) is 18.2 Å². The Bertz CT molecular complexity index is 719. The summed E-state index contributed by atoms with van der Waals surface area (Å²) in [5.74, 6) is -1.23. The standard InChI is InChI=1S/C13H6Cl3NO4/c14-8-6-9(15)12(11(10(8)16)17(19)20)21-13(18)7-4-2-1-3-5-7/h1-6H. The number of carbonyl (C=O) groups is 1. The molecule has 0 N–H and O–H groups in total. The first-order valence-corrected chi connectivity index (χ1v) is 6.64. The van der Waals surface area contributed by atoms with Crippen LogP contribution in [0.4, 0.5) is 5.69 Å². The van der Waals surface area contributed by atoms with Crippen LogP contribution >= 0.6 is 34.8 Å². The zero-order valence-corrected chi connectivity index (χ0v) is 12.4. The summed E-state index contributed by atoms with van der Waals surface area (Å²) in [5.41, 5.74) is -0.438. The highest BCUT2D eigenvalue weighted by molar-refractivity contribution is 6.45. The van der Waals surface area contributed by atoms with Crippen LogP contribution in [0.3, 0.4) is 0 Å². The highest BCUT2D eigenvalue weighted by Crippen LogP contribution is 2.44. The molecule has 0 aliphatic rings. The van der Waals surface area contributed by atoms with Gasteiger partial charge in [0.25, 0.3) is 0 Å². The third-order valence-corrected chi connectivity index (χ3v) is 3.55. The van der Waals surface area contributed by atoms with Crippen molar-refractivity contribution >= 4 is 46.5 Å². The number of nitrogens with zero attached hydrogens (tertiary/aromatic N) is 1. The van der Waals surface area contributed by atoms with Crippen molar-refractivity contribution in [2.24, 2.45) is 0 Å². The minimum absolute atomic E-state index is 0.104. The molecule has 8 heteroatoms. The molecule has 0 fully saturated rings. The molecular weight excluding hydrogens is 341 g/mol. The van der Waals surface area contributed by atoms with Crippen LogP contribution in [0.5, 0.6) is 5.75 Å². The van der Waals surface area contributed by atoms with Gasteiger partial charge < -0.3 is 4.74 Å². The van der Waals surface area contributed by atoms with Gasteiger partial charge in [0, 0.05) is 0 Å². The maximum absolute atomic E-state index is 12.0. The molecule has 0 atom stereocenters. The normalized spacial score (nSPS) is 10.2. The van der Waals surface area contributed by atoms with E-state index in [-0.39, 0.29) is 20.6 Å². The van der Waals surface area contributed by atoms with Crippen LogP contribution in [0.2, 0.25) is 15.1 Å². The second kappa shape index (κ2) is 6.30. The number of ether oxygens (including phenoxy) is 1. The number of esters is 1. The molecule has 0 saturated heterocycles. The zero-order chi connectivity index (χ0) is 15.6. The van der Waals surface area contributed by atoms with Gasteiger partial charge in [-0.1, -0.05) is 53.0 Å². The van der Waals surface area contributed by atoms with E-state index >= 15 is 0 Å². The fourth-order valence-electron chi connectivity index (χ4n) is 1.55. The number of rotatable bonds is 3. The molecule has 0 saturated carbocycles. The summed E-state index contributed by atoms with van der Waals surface area (Å²) in [5, 5.41) is 10.4. The summed E-state index contributed by atoms with van der Waals surface area (Å²) < 4.78 is 5.00. The number of nitro benzene ring substituents is 1. The Morgan fingerprint density at radius 3 is 2.29 bits per heavy atom. The van der Waals surface area contributed by atoms with Gasteiger partial charge >= 0.3 is 11.7 Å². The van der Waals surface area contributed by atoms with Gasteiger partial charge in [-0.3, -0.25) is 10.1 Å². The van der Waals surface area contributed by atoms with Gasteiger partial charge in [0.05, 0.1) is 20.5 Å². The van der Waals surface area contributed by atoms with Crippen molar-refractivity contribution in [1.82, 2.24) is 0 Å². The molecule has 2 aromatic rings. The zero-order valence-electron chi connectivity index (χ0n) is 10.2. The Morgan fingerprint density at radius 2 is 1.71 bits per heavy atom. The first-order valence-electron chi connectivity index (χ1n) is 5.51. The summed E-state index contributed by atoms with van der Waals surface area (Å²) in [6.45, 7) is 0. The van der Waals surface area contributed by atoms with Crippen molar-refractivity contribution in [2.75, 3.05) is 0 Å². The number of hydrogen-bond donors (Lipinski definition) is 0. The lowest BCUT2D eigenvalue weighted by Crippen LogP contribution is -2.10. The van der Waals surface area contributed by atoms with Crippen molar-refractivity contribution in [3.63, 3.8) is 0 Å². The average molecular weight is 347 g/mol. The van der Waals surface area contributed by atoms with Crippen molar-refractivity contribution in [2.45, 2.75) is 0 Å². The van der Waals surface area contributed by atoms with E-state index in [1.54, 1.807) is 18.2 Å². The van der Waals surface area contributed by atoms with Crippen molar-refractivity contribution in [3.8, 4) is 5.75 Å². The summed E-state index contributed by atoms with van der Waals surface area (Å²) in [6.07, 6.45) is 0. The van der Waals surface area contributed by atoms with Crippen molar-refractivity contribution in [1.29, 1.82) is 0 Å². The van der Waals surface area contributed by atoms with E-state index in [2.05, 4.69) is 0 Å². The maximum Gasteiger partial charge on any atom is 0.343 e. The fraction of sp³-hybridized carbons (Fsp3) is 0. The lowest BCUT2D eigenvalue weighted by molar-refractivity contribution is -0.385. The van der Waals surface area contributed by atoms with Crippen LogP contribution in [-0.4, -0.2) is 10.9 Å². The third kappa shape index (κ3) is 3.26. The van der Waals surface area contributed by atoms with Crippen LogP contribution in [-0.2, 0) is 0 Å². The summed E-state index contributed by atoms with van der Waals surface area (Å²) in [6, 6.07) is 9.14. The molecule has 0 aliphatic heterocycles. The highest BCUT2D eigenvalue weighted by atomic mass is 35.5. The molecule has 2 aromatic carbocycles. The summed E-state index contributed by atoms with van der Waals surface area (Å²) in [4.78, 5) is 22.2. The SMILES string of the molecule is O=C(Oc1c(Cl)cc(Cl)c(Cl)c1[N+](=O)[O-])c1ccccc1. The largest absolute Gasteiger partial charge is 0.414 e. The monoisotopic (exact) mass is 345 g/mol. The molecule has 5 nitrogen and oxygen atoms in total. The van der Waals surface area contributed by atoms with Crippen molar-refractivity contribution < 1.29 is 14.5 Å². The minimum Gasteiger partial charge on any atom is -0.414 e. The van der Waals surface area contributed by atoms with Gasteiger partial charge in [0.2, 0.25) is 5.75 Å². The van der Waals surface area contributed by atoms with Gasteiger partial charge in [-0.25, -0.2) is 4.79 Å². The predicted octanol–water partition coefficient (Wildman–Crippen LogP) is 4.77. The number of nitro groups is 1. The minimum atomic E-state index is -0.812. The van der Waals surface area contributed by atoms with E-state index in [0.29, 0.717) is 0 Å². The third-order valence-electron chi connectivity index (χ3n) is 2.49. The smallest absolute Gasteiger partial charge is 0.343 e. The van der Waals surface area contributed by atoms with Gasteiger partial charge in [0.1, 0.15) is 5.02 Å². The average Bonchev–Trinajstić information content (AvgIpc) is 2.45. The molecule has 0 aromatic heterocycles. The first kappa shape index (κ1) is 15.6. The topological polar surface area (TPSA) is 69.4 Å². The molecule has 0 amide bonds. The summed E-state index contributed by atoms with van der Waals surface area (Å²) in [7, 11) is 0. The Labute approximate surface area is 134 Å². The first-order chi connectivity index (χ1) is 9.91. The quantitative estimate of drug-likeness (QED) is 0.264. The number of hydrogen-bond acceptors (Lipinski definition) is 4. The predicted molar refractivity (Wildman–Crippen MR) is 79.5 cm³/mol. The van der Waals surface area contributed by atoms with Gasteiger partial charge in [0.15, 0.2) is 0 Å².